The molecule has 4 heteroatoms. The van der Waals surface area contributed by atoms with Crippen molar-refractivity contribution in [3.63, 3.8) is 0 Å². The van der Waals surface area contributed by atoms with Crippen molar-refractivity contribution in [2.24, 2.45) is 5.92 Å². The highest BCUT2D eigenvalue weighted by Crippen LogP contribution is 2.33. The summed E-state index contributed by atoms with van der Waals surface area (Å²) in [6.45, 7) is 0.865. The van der Waals surface area contributed by atoms with Gasteiger partial charge < -0.3 is 15.2 Å². The molecule has 1 aliphatic carbocycles. The molecule has 0 fully saturated rings. The van der Waals surface area contributed by atoms with Gasteiger partial charge in [-0.15, -0.1) is 0 Å². The van der Waals surface area contributed by atoms with Crippen molar-refractivity contribution < 1.29 is 14.2 Å². The van der Waals surface area contributed by atoms with E-state index in [2.05, 4.69) is 17.5 Å². The van der Waals surface area contributed by atoms with Crippen molar-refractivity contribution in [2.75, 3.05) is 13.2 Å². The molecule has 3 rings (SSSR count). The molecule has 20 heavy (non-hydrogen) atoms. The number of rotatable bonds is 3. The first kappa shape index (κ1) is 13.6. The Morgan fingerprint density at radius 1 is 1.35 bits per heavy atom. The molecule has 0 radical (unpaired) electrons. The molecule has 2 aliphatic rings. The van der Waals surface area contributed by atoms with E-state index in [0.717, 1.165) is 30.6 Å². The molecule has 1 aromatic carbocycles. The topological polar surface area (TPSA) is 41.5 Å². The van der Waals surface area contributed by atoms with Gasteiger partial charge in [0.25, 0.3) is 0 Å². The standard InChI is InChI=1S/C16H20FNO2/c17-12-4-6-16-14(9-12)15(2-1-7-20-16)18-13-5-3-11(8-13)10-19/h3-6,9,11,13,15,18-19H,1-2,7-8,10H2/t11-,13+,15-/m0/s1. The molecule has 0 unspecified atom stereocenters. The van der Waals surface area contributed by atoms with Crippen LogP contribution in [-0.4, -0.2) is 24.4 Å². The van der Waals surface area contributed by atoms with Crippen molar-refractivity contribution in [1.29, 1.82) is 0 Å². The maximum atomic E-state index is 13.5. The van der Waals surface area contributed by atoms with Crippen molar-refractivity contribution in [1.82, 2.24) is 5.32 Å². The maximum absolute atomic E-state index is 13.5. The maximum Gasteiger partial charge on any atom is 0.124 e. The normalized spacial score (nSPS) is 28.8. The third-order valence-corrected chi connectivity index (χ3v) is 4.06. The SMILES string of the molecule is OC[C@H]1C=C[C@@H](N[C@H]2CCCOc3ccc(F)cc32)C1. The first-order chi connectivity index (χ1) is 9.76. The Balaban J connectivity index is 1.77. The van der Waals surface area contributed by atoms with Crippen LogP contribution in [0.5, 0.6) is 5.75 Å². The molecule has 0 aromatic heterocycles. The average molecular weight is 277 g/mol. The second kappa shape index (κ2) is 5.94. The number of nitrogens with one attached hydrogen (secondary N) is 1. The van der Waals surface area contributed by atoms with Gasteiger partial charge in [0.2, 0.25) is 0 Å². The molecule has 0 bridgehead atoms. The van der Waals surface area contributed by atoms with E-state index in [0.29, 0.717) is 6.61 Å². The number of aliphatic hydroxyl groups excluding tert-OH is 1. The van der Waals surface area contributed by atoms with Crippen LogP contribution in [-0.2, 0) is 0 Å². The average Bonchev–Trinajstić information content (AvgIpc) is 2.82. The van der Waals surface area contributed by atoms with E-state index < -0.39 is 0 Å². The number of aliphatic hydroxyl groups is 1. The second-order valence-corrected chi connectivity index (χ2v) is 5.56. The van der Waals surface area contributed by atoms with E-state index >= 15 is 0 Å². The predicted octanol–water partition coefficient (Wildman–Crippen LogP) is 2.57. The van der Waals surface area contributed by atoms with Crippen LogP contribution in [0.1, 0.15) is 30.9 Å². The molecule has 0 saturated heterocycles. The molecular formula is C16H20FNO2. The summed E-state index contributed by atoms with van der Waals surface area (Å²) in [6.07, 6.45) is 6.94. The van der Waals surface area contributed by atoms with Crippen LogP contribution in [0.2, 0.25) is 0 Å². The summed E-state index contributed by atoms with van der Waals surface area (Å²) in [5.74, 6) is 0.792. The number of hydrogen-bond acceptors (Lipinski definition) is 3. The molecule has 1 aromatic rings. The molecule has 3 atom stereocenters. The van der Waals surface area contributed by atoms with Gasteiger partial charge >= 0.3 is 0 Å². The van der Waals surface area contributed by atoms with Gasteiger partial charge in [-0.25, -0.2) is 4.39 Å². The fraction of sp³-hybridized carbons (Fsp3) is 0.500. The Morgan fingerprint density at radius 3 is 3.05 bits per heavy atom. The zero-order valence-corrected chi connectivity index (χ0v) is 11.4. The minimum absolute atomic E-state index is 0.107. The zero-order valence-electron chi connectivity index (χ0n) is 11.4. The zero-order chi connectivity index (χ0) is 13.9. The smallest absolute Gasteiger partial charge is 0.124 e. The first-order valence-electron chi connectivity index (χ1n) is 7.24. The minimum Gasteiger partial charge on any atom is -0.493 e. The van der Waals surface area contributed by atoms with Gasteiger partial charge in [0.05, 0.1) is 6.61 Å². The van der Waals surface area contributed by atoms with Crippen LogP contribution in [0, 0.1) is 11.7 Å². The third-order valence-electron chi connectivity index (χ3n) is 4.06. The van der Waals surface area contributed by atoms with Crippen LogP contribution in [0.4, 0.5) is 4.39 Å². The molecule has 3 nitrogen and oxygen atoms in total. The Bertz CT molecular complexity index is 503. The lowest BCUT2D eigenvalue weighted by molar-refractivity contribution is 0.244. The van der Waals surface area contributed by atoms with Crippen LogP contribution in [0.3, 0.4) is 0 Å². The molecule has 1 heterocycles. The van der Waals surface area contributed by atoms with Gasteiger partial charge in [0.1, 0.15) is 11.6 Å². The first-order valence-corrected chi connectivity index (χ1v) is 7.24. The Kier molecular flexibility index (Phi) is 4.03. The van der Waals surface area contributed by atoms with Crippen LogP contribution in [0.15, 0.2) is 30.4 Å². The molecular weight excluding hydrogens is 257 g/mol. The fourth-order valence-electron chi connectivity index (χ4n) is 3.01. The monoisotopic (exact) mass is 277 g/mol. The van der Waals surface area contributed by atoms with Crippen LogP contribution < -0.4 is 10.1 Å². The van der Waals surface area contributed by atoms with Gasteiger partial charge in [0, 0.05) is 30.2 Å². The van der Waals surface area contributed by atoms with E-state index in [1.165, 1.54) is 6.07 Å². The Morgan fingerprint density at radius 2 is 2.25 bits per heavy atom. The van der Waals surface area contributed by atoms with Crippen molar-refractivity contribution in [3.8, 4) is 5.75 Å². The predicted molar refractivity (Wildman–Crippen MR) is 75.1 cm³/mol. The van der Waals surface area contributed by atoms with Gasteiger partial charge in [-0.05, 0) is 37.5 Å². The third kappa shape index (κ3) is 2.86. The van der Waals surface area contributed by atoms with E-state index in [1.54, 1.807) is 12.1 Å². The van der Waals surface area contributed by atoms with E-state index in [-0.39, 0.29) is 30.4 Å². The summed E-state index contributed by atoms with van der Waals surface area (Å²) in [7, 11) is 0. The minimum atomic E-state index is -0.226. The molecule has 0 amide bonds. The van der Waals surface area contributed by atoms with Crippen LogP contribution in [0.25, 0.3) is 0 Å². The fourth-order valence-corrected chi connectivity index (χ4v) is 3.01. The quantitative estimate of drug-likeness (QED) is 0.834. The number of halogens is 1. The van der Waals surface area contributed by atoms with E-state index in [9.17, 15) is 9.50 Å². The molecule has 0 spiro atoms. The molecule has 108 valence electrons. The lowest BCUT2D eigenvalue weighted by Crippen LogP contribution is -2.31. The van der Waals surface area contributed by atoms with Crippen molar-refractivity contribution >= 4 is 0 Å². The highest BCUT2D eigenvalue weighted by atomic mass is 19.1. The summed E-state index contributed by atoms with van der Waals surface area (Å²) in [5.41, 5.74) is 0.906. The summed E-state index contributed by atoms with van der Waals surface area (Å²) in [4.78, 5) is 0. The number of ether oxygens (including phenoxy) is 1. The summed E-state index contributed by atoms with van der Waals surface area (Å²) in [5, 5.41) is 12.7. The number of benzene rings is 1. The second-order valence-electron chi connectivity index (χ2n) is 5.56. The lowest BCUT2D eigenvalue weighted by Gasteiger charge is -2.22. The van der Waals surface area contributed by atoms with Crippen molar-refractivity contribution in [2.45, 2.75) is 31.3 Å². The highest BCUT2D eigenvalue weighted by Gasteiger charge is 2.25. The Hall–Kier alpha value is -1.39. The molecule has 0 saturated carbocycles. The molecule has 1 aliphatic heterocycles. The Labute approximate surface area is 118 Å². The number of fused-ring (bicyclic) bond motifs is 1. The number of hydrogen-bond donors (Lipinski definition) is 2. The van der Waals surface area contributed by atoms with E-state index in [4.69, 9.17) is 4.74 Å². The summed E-state index contributed by atoms with van der Waals surface area (Å²) < 4.78 is 19.2. The largest absolute Gasteiger partial charge is 0.493 e. The van der Waals surface area contributed by atoms with Crippen LogP contribution >= 0.6 is 0 Å². The molecule has 2 N–H and O–H groups in total. The summed E-state index contributed by atoms with van der Waals surface area (Å²) >= 11 is 0. The highest BCUT2D eigenvalue weighted by molar-refractivity contribution is 5.37. The van der Waals surface area contributed by atoms with Gasteiger partial charge in [-0.1, -0.05) is 12.2 Å². The van der Waals surface area contributed by atoms with Gasteiger partial charge in [0.15, 0.2) is 0 Å². The van der Waals surface area contributed by atoms with E-state index in [1.807, 2.05) is 0 Å². The van der Waals surface area contributed by atoms with Crippen molar-refractivity contribution in [3.05, 3.63) is 41.7 Å². The summed E-state index contributed by atoms with van der Waals surface area (Å²) in [6, 6.07) is 5.08. The van der Waals surface area contributed by atoms with Gasteiger partial charge in [-0.2, -0.15) is 0 Å². The lowest BCUT2D eigenvalue weighted by atomic mass is 10.00. The van der Waals surface area contributed by atoms with Gasteiger partial charge in [-0.3, -0.25) is 0 Å².